The minimum absolute atomic E-state index is 0.130. The first-order valence-electron chi connectivity index (χ1n) is 9.13. The van der Waals surface area contributed by atoms with Crippen molar-refractivity contribution in [3.05, 3.63) is 88.2 Å². The zero-order chi connectivity index (χ0) is 22.2. The van der Waals surface area contributed by atoms with Crippen LogP contribution in [-0.2, 0) is 12.8 Å². The number of nitrogens with zero attached hydrogens (tertiary/aromatic N) is 2. The third-order valence-electron chi connectivity index (χ3n) is 4.63. The molecule has 0 saturated carbocycles. The minimum Gasteiger partial charge on any atom is -0.392 e. The summed E-state index contributed by atoms with van der Waals surface area (Å²) in [4.78, 5) is 16.1. The zero-order valence-corrected chi connectivity index (χ0v) is 17.4. The Morgan fingerprint density at radius 1 is 1.06 bits per heavy atom. The molecule has 0 atom stereocenters. The molecule has 4 rings (SSSR count). The van der Waals surface area contributed by atoms with E-state index >= 15 is 0 Å². The zero-order valence-electron chi connectivity index (χ0n) is 15.8. The van der Waals surface area contributed by atoms with Gasteiger partial charge in [0, 0.05) is 21.4 Å². The van der Waals surface area contributed by atoms with Crippen LogP contribution in [0.25, 0.3) is 16.7 Å². The maximum Gasteiger partial charge on any atom is 0.450 e. The molecule has 0 aliphatic carbocycles. The Hall–Kier alpha value is -3.17. The number of benzene rings is 3. The fraction of sp³-hybridized carbons (Fsp3) is 0.0909. The van der Waals surface area contributed by atoms with Crippen LogP contribution in [0, 0.1) is 0 Å². The van der Waals surface area contributed by atoms with Gasteiger partial charge < -0.3 is 10.4 Å². The number of nitrogens with one attached hydrogen (secondary N) is 1. The first-order chi connectivity index (χ1) is 14.8. The Balaban J connectivity index is 1.69. The molecular formula is C22H15BrF3N3O2. The average Bonchev–Trinajstić information content (AvgIpc) is 3.13. The lowest BCUT2D eigenvalue weighted by atomic mass is 10.2. The van der Waals surface area contributed by atoms with Crippen molar-refractivity contribution in [2.24, 2.45) is 0 Å². The van der Waals surface area contributed by atoms with Crippen LogP contribution in [0.4, 0.5) is 18.9 Å². The maximum absolute atomic E-state index is 13.6. The van der Waals surface area contributed by atoms with Crippen LogP contribution in [-0.4, -0.2) is 20.6 Å². The van der Waals surface area contributed by atoms with Crippen LogP contribution in [0.5, 0.6) is 0 Å². The highest BCUT2D eigenvalue weighted by Gasteiger charge is 2.38. The number of halogens is 4. The van der Waals surface area contributed by atoms with Gasteiger partial charge in [0.2, 0.25) is 5.82 Å². The molecule has 4 aromatic rings. The van der Waals surface area contributed by atoms with Crippen LogP contribution in [0.3, 0.4) is 0 Å². The molecule has 1 heterocycles. The molecule has 3 aromatic carbocycles. The second-order valence-corrected chi connectivity index (χ2v) is 7.68. The third-order valence-corrected chi connectivity index (χ3v) is 5.12. The van der Waals surface area contributed by atoms with Crippen molar-refractivity contribution in [1.29, 1.82) is 0 Å². The highest BCUT2D eigenvalue weighted by molar-refractivity contribution is 9.10. The lowest BCUT2D eigenvalue weighted by molar-refractivity contribution is -0.145. The van der Waals surface area contributed by atoms with Crippen LogP contribution in [0.1, 0.15) is 21.7 Å². The van der Waals surface area contributed by atoms with Gasteiger partial charge in [-0.2, -0.15) is 13.2 Å². The fourth-order valence-electron chi connectivity index (χ4n) is 3.20. The quantitative estimate of drug-likeness (QED) is 0.394. The average molecular weight is 490 g/mol. The fourth-order valence-corrected chi connectivity index (χ4v) is 3.60. The predicted octanol–water partition coefficient (Wildman–Crippen LogP) is 5.55. The first-order valence-corrected chi connectivity index (χ1v) is 9.92. The second kappa shape index (κ2) is 8.16. The van der Waals surface area contributed by atoms with Crippen molar-refractivity contribution in [3.8, 4) is 5.69 Å². The van der Waals surface area contributed by atoms with E-state index in [0.29, 0.717) is 16.8 Å². The van der Waals surface area contributed by atoms with Crippen molar-refractivity contribution < 1.29 is 23.1 Å². The molecule has 158 valence electrons. The van der Waals surface area contributed by atoms with Gasteiger partial charge in [-0.25, -0.2) is 4.98 Å². The summed E-state index contributed by atoms with van der Waals surface area (Å²) < 4.78 is 42.7. The van der Waals surface area contributed by atoms with Gasteiger partial charge >= 0.3 is 6.18 Å². The number of alkyl halides is 3. The van der Waals surface area contributed by atoms with E-state index in [0.717, 1.165) is 9.04 Å². The number of aliphatic hydroxyl groups excluding tert-OH is 1. The number of carbonyl (C=O) groups excluding carboxylic acids is 1. The summed E-state index contributed by atoms with van der Waals surface area (Å²) in [6, 6.07) is 17.3. The van der Waals surface area contributed by atoms with Gasteiger partial charge in [0.25, 0.3) is 5.91 Å². The van der Waals surface area contributed by atoms with Gasteiger partial charge in [0.05, 0.1) is 17.6 Å². The van der Waals surface area contributed by atoms with E-state index in [1.807, 2.05) is 0 Å². The van der Waals surface area contributed by atoms with Crippen molar-refractivity contribution in [3.63, 3.8) is 0 Å². The summed E-state index contributed by atoms with van der Waals surface area (Å²) in [5, 5.41) is 12.0. The normalized spacial score (nSPS) is 11.6. The van der Waals surface area contributed by atoms with Crippen molar-refractivity contribution in [2.75, 3.05) is 5.32 Å². The van der Waals surface area contributed by atoms with Crippen LogP contribution >= 0.6 is 15.9 Å². The van der Waals surface area contributed by atoms with Gasteiger partial charge in [-0.15, -0.1) is 0 Å². The monoisotopic (exact) mass is 489 g/mol. The Morgan fingerprint density at radius 3 is 2.45 bits per heavy atom. The Kier molecular flexibility index (Phi) is 5.55. The summed E-state index contributed by atoms with van der Waals surface area (Å²) in [6.45, 7) is -0.295. The predicted molar refractivity (Wildman–Crippen MR) is 114 cm³/mol. The maximum atomic E-state index is 13.6. The van der Waals surface area contributed by atoms with Crippen molar-refractivity contribution in [2.45, 2.75) is 12.8 Å². The number of fused-ring (bicyclic) bond motifs is 1. The lowest BCUT2D eigenvalue weighted by Gasteiger charge is -2.12. The molecule has 1 amide bonds. The molecule has 9 heteroatoms. The summed E-state index contributed by atoms with van der Waals surface area (Å²) >= 11 is 3.30. The summed E-state index contributed by atoms with van der Waals surface area (Å²) in [5.41, 5.74) is 1.98. The van der Waals surface area contributed by atoms with E-state index in [1.165, 1.54) is 36.4 Å². The van der Waals surface area contributed by atoms with Crippen molar-refractivity contribution in [1.82, 2.24) is 9.55 Å². The number of aliphatic hydroxyl groups is 1. The molecule has 1 aromatic heterocycles. The number of rotatable bonds is 4. The van der Waals surface area contributed by atoms with Gasteiger partial charge in [0.15, 0.2) is 0 Å². The molecule has 0 bridgehead atoms. The second-order valence-electron chi connectivity index (χ2n) is 6.76. The molecular weight excluding hydrogens is 475 g/mol. The summed E-state index contributed by atoms with van der Waals surface area (Å²) in [7, 11) is 0. The van der Waals surface area contributed by atoms with E-state index in [4.69, 9.17) is 0 Å². The highest BCUT2D eigenvalue weighted by atomic mass is 79.9. The molecule has 2 N–H and O–H groups in total. The van der Waals surface area contributed by atoms with E-state index in [1.54, 1.807) is 30.3 Å². The van der Waals surface area contributed by atoms with Crippen molar-refractivity contribution >= 4 is 38.6 Å². The molecule has 5 nitrogen and oxygen atoms in total. The van der Waals surface area contributed by atoms with Gasteiger partial charge in [-0.1, -0.05) is 28.1 Å². The Bertz CT molecular complexity index is 1270. The van der Waals surface area contributed by atoms with Gasteiger partial charge in [0.1, 0.15) is 0 Å². The first kappa shape index (κ1) is 21.1. The lowest BCUT2D eigenvalue weighted by Crippen LogP contribution is -2.14. The number of anilines is 1. The van der Waals surface area contributed by atoms with E-state index < -0.39 is 12.0 Å². The smallest absolute Gasteiger partial charge is 0.392 e. The number of carbonyl (C=O) groups is 1. The highest BCUT2D eigenvalue weighted by Crippen LogP contribution is 2.34. The minimum atomic E-state index is -4.67. The van der Waals surface area contributed by atoms with E-state index in [2.05, 4.69) is 26.2 Å². The number of hydrogen-bond acceptors (Lipinski definition) is 3. The van der Waals surface area contributed by atoms with E-state index in [-0.39, 0.29) is 29.2 Å². The molecule has 31 heavy (non-hydrogen) atoms. The molecule has 0 aliphatic heterocycles. The number of imidazole rings is 1. The molecule has 0 saturated heterocycles. The Labute approximate surface area is 183 Å². The summed E-state index contributed by atoms with van der Waals surface area (Å²) in [6.07, 6.45) is -4.67. The number of amides is 1. The standard InChI is InChI=1S/C22H15BrF3N3O2/c23-15-3-1-2-14(11-15)20(31)27-16-5-7-17(8-6-16)29-19-9-4-13(12-30)10-18(19)28-21(29)22(24,25)26/h1-11,30H,12H2,(H,27,31). The molecule has 0 radical (unpaired) electrons. The topological polar surface area (TPSA) is 67.2 Å². The van der Waals surface area contributed by atoms with Crippen LogP contribution in [0.2, 0.25) is 0 Å². The SMILES string of the molecule is O=C(Nc1ccc(-n2c(C(F)(F)F)nc3cc(CO)ccc32)cc1)c1cccc(Br)c1. The molecule has 0 aliphatic rings. The van der Waals surface area contributed by atoms with Crippen LogP contribution in [0.15, 0.2) is 71.2 Å². The molecule has 0 spiro atoms. The van der Waals surface area contributed by atoms with Gasteiger partial charge in [-0.3, -0.25) is 9.36 Å². The third kappa shape index (κ3) is 4.33. The summed E-state index contributed by atoms with van der Waals surface area (Å²) in [5.74, 6) is -1.40. The largest absolute Gasteiger partial charge is 0.450 e. The van der Waals surface area contributed by atoms with Gasteiger partial charge in [-0.05, 0) is 60.2 Å². The number of aromatic nitrogens is 2. The Morgan fingerprint density at radius 2 is 1.81 bits per heavy atom. The van der Waals surface area contributed by atoms with Crippen LogP contribution < -0.4 is 5.32 Å². The van der Waals surface area contributed by atoms with E-state index in [9.17, 15) is 23.1 Å². The number of hydrogen-bond donors (Lipinski definition) is 2. The molecule has 0 unspecified atom stereocenters. The molecule has 0 fully saturated rings.